The van der Waals surface area contributed by atoms with E-state index in [-0.39, 0.29) is 12.5 Å². The Morgan fingerprint density at radius 1 is 1.24 bits per heavy atom. The van der Waals surface area contributed by atoms with Crippen molar-refractivity contribution in [2.24, 2.45) is 0 Å². The summed E-state index contributed by atoms with van der Waals surface area (Å²) in [6.07, 6.45) is -0.902. The highest BCUT2D eigenvalue weighted by atomic mass is 19.4. The Morgan fingerprint density at radius 2 is 1.91 bits per heavy atom. The molecule has 1 aliphatic rings. The van der Waals surface area contributed by atoms with Gasteiger partial charge in [0.2, 0.25) is 5.95 Å². The number of H-pyrrole nitrogens is 1. The summed E-state index contributed by atoms with van der Waals surface area (Å²) in [7, 11) is 0. The van der Waals surface area contributed by atoms with Gasteiger partial charge in [0.05, 0.1) is 18.3 Å². The Morgan fingerprint density at radius 3 is 2.47 bits per heavy atom. The number of aliphatic carboxylic acids is 1. The Balaban J connectivity index is 0.000000406. The summed E-state index contributed by atoms with van der Waals surface area (Å²) in [5.41, 5.74) is 1.40. The van der Waals surface area contributed by atoms with E-state index in [4.69, 9.17) is 14.6 Å². The van der Waals surface area contributed by atoms with Gasteiger partial charge in [-0.3, -0.25) is 4.79 Å². The molecule has 3 aromatic rings. The van der Waals surface area contributed by atoms with Crippen molar-refractivity contribution < 1.29 is 46.5 Å². The Kier molecular flexibility index (Phi) is 7.47. The number of nitrogens with one attached hydrogen (secondary N) is 2. The van der Waals surface area contributed by atoms with Crippen LogP contribution in [0.4, 0.5) is 17.6 Å². The predicted molar refractivity (Wildman–Crippen MR) is 106 cm³/mol. The molecule has 4 heterocycles. The maximum absolute atomic E-state index is 13.2. The number of aliphatic hydroxyl groups excluding tert-OH is 1. The summed E-state index contributed by atoms with van der Waals surface area (Å²) in [6, 6.07) is 8.43. The van der Waals surface area contributed by atoms with Crippen molar-refractivity contribution in [1.82, 2.24) is 15.3 Å². The van der Waals surface area contributed by atoms with E-state index in [1.165, 1.54) is 12.3 Å². The highest BCUT2D eigenvalue weighted by Crippen LogP contribution is 2.23. The number of aromatic amines is 1. The molecular formula is C21H20F4N4O5. The number of alkyl halides is 3. The topological polar surface area (TPSA) is 131 Å². The van der Waals surface area contributed by atoms with E-state index in [0.717, 1.165) is 5.52 Å². The molecule has 182 valence electrons. The number of ether oxygens (including phenoxy) is 1. The number of amides is 1. The third-order valence-electron chi connectivity index (χ3n) is 5.19. The predicted octanol–water partition coefficient (Wildman–Crippen LogP) is 0.524. The molecule has 0 spiro atoms. The summed E-state index contributed by atoms with van der Waals surface area (Å²) in [4.78, 5) is 28.6. The molecule has 1 aliphatic heterocycles. The Bertz CT molecular complexity index is 1160. The first kappa shape index (κ1) is 25.1. The number of carbonyl (C=O) groups excluding carboxylic acids is 2. The van der Waals surface area contributed by atoms with E-state index in [2.05, 4.69) is 15.3 Å². The summed E-state index contributed by atoms with van der Waals surface area (Å²) < 4.78 is 51.8. The molecule has 4 rings (SSSR count). The number of halogens is 4. The summed E-state index contributed by atoms with van der Waals surface area (Å²) in [5.74, 6) is -3.57. The lowest BCUT2D eigenvalue weighted by Gasteiger charge is -2.35. The second-order valence-corrected chi connectivity index (χ2v) is 7.46. The minimum atomic E-state index is -5.19. The molecule has 0 aliphatic carbocycles. The zero-order valence-electron chi connectivity index (χ0n) is 17.6. The number of pyridine rings is 2. The van der Waals surface area contributed by atoms with E-state index >= 15 is 0 Å². The van der Waals surface area contributed by atoms with Crippen LogP contribution < -0.4 is 14.8 Å². The van der Waals surface area contributed by atoms with Gasteiger partial charge >= 0.3 is 17.9 Å². The monoisotopic (exact) mass is 484 g/mol. The van der Waals surface area contributed by atoms with Gasteiger partial charge in [0.25, 0.3) is 0 Å². The van der Waals surface area contributed by atoms with Crippen LogP contribution in [0.3, 0.4) is 0 Å². The van der Waals surface area contributed by atoms with Crippen LogP contribution in [0.1, 0.15) is 23.5 Å². The fraction of sp³-hybridized carbons (Fsp3) is 0.333. The van der Waals surface area contributed by atoms with Crippen LogP contribution in [0.25, 0.3) is 16.8 Å². The second kappa shape index (κ2) is 10.1. The number of rotatable bonds is 4. The van der Waals surface area contributed by atoms with Crippen LogP contribution in [0.2, 0.25) is 0 Å². The third kappa shape index (κ3) is 5.66. The molecule has 1 amide bonds. The number of carbonyl (C=O) groups is 2. The van der Waals surface area contributed by atoms with Gasteiger partial charge in [-0.25, -0.2) is 9.97 Å². The maximum atomic E-state index is 13.2. The van der Waals surface area contributed by atoms with Crippen molar-refractivity contribution in [2.75, 3.05) is 19.8 Å². The van der Waals surface area contributed by atoms with Gasteiger partial charge in [0.15, 0.2) is 11.2 Å². The van der Waals surface area contributed by atoms with Gasteiger partial charge in [-0.2, -0.15) is 22.0 Å². The van der Waals surface area contributed by atoms with Crippen molar-refractivity contribution in [2.45, 2.75) is 24.6 Å². The number of carboxylic acids is 1. The number of aromatic nitrogens is 3. The average molecular weight is 484 g/mol. The van der Waals surface area contributed by atoms with Gasteiger partial charge in [0, 0.05) is 25.0 Å². The summed E-state index contributed by atoms with van der Waals surface area (Å²) >= 11 is 0. The molecule has 13 heteroatoms. The Hall–Kier alpha value is -3.58. The first-order valence-corrected chi connectivity index (χ1v) is 10.00. The molecule has 0 atom stereocenters. The van der Waals surface area contributed by atoms with Crippen molar-refractivity contribution >= 4 is 17.4 Å². The smallest absolute Gasteiger partial charge is 0.430 e. The van der Waals surface area contributed by atoms with E-state index in [1.54, 1.807) is 16.7 Å². The number of aliphatic hydroxyl groups is 1. The van der Waals surface area contributed by atoms with Gasteiger partial charge in [0.1, 0.15) is 5.97 Å². The van der Waals surface area contributed by atoms with Crippen LogP contribution in [0, 0.1) is 5.95 Å². The highest BCUT2D eigenvalue weighted by Gasteiger charge is 2.37. The molecule has 1 fully saturated rings. The highest BCUT2D eigenvalue weighted by molar-refractivity contribution is 5.92. The second-order valence-electron chi connectivity index (χ2n) is 7.46. The van der Waals surface area contributed by atoms with E-state index in [9.17, 15) is 27.5 Å². The Labute approximate surface area is 190 Å². The normalized spacial score (nSPS) is 15.3. The SMILES string of the molecule is O=C(NC1(CO)CCOCC1)c1[nH]c(-c2ccc(F)nc2)c2cccc[n+]12.O=C([O-])C(F)(F)F. The lowest BCUT2D eigenvalue weighted by Crippen LogP contribution is -2.55. The number of nitrogens with zero attached hydrogens (tertiary/aromatic N) is 2. The summed E-state index contributed by atoms with van der Waals surface area (Å²) in [5, 5.41) is 21.6. The lowest BCUT2D eigenvalue weighted by atomic mass is 9.91. The van der Waals surface area contributed by atoms with Crippen LogP contribution in [-0.2, 0) is 9.53 Å². The lowest BCUT2D eigenvalue weighted by molar-refractivity contribution is -0.514. The standard InChI is InChI=1S/C19H19FN4O3.C2HF3O2/c20-15-5-4-13(11-21-15)16-14-3-1-2-8-24(14)17(22-16)18(26)23-19(12-25)6-9-27-10-7-19;3-2(4,5)1(6)7/h1-5,8,11,25H,6-7,9-10,12H2,(H,23,26);(H,6,7). The molecule has 0 aromatic carbocycles. The number of fused-ring (bicyclic) bond motifs is 1. The van der Waals surface area contributed by atoms with Gasteiger partial charge in [-0.05, 0) is 37.1 Å². The molecule has 0 unspecified atom stereocenters. The van der Waals surface area contributed by atoms with Gasteiger partial charge in [-0.1, -0.05) is 6.07 Å². The van der Waals surface area contributed by atoms with Crippen LogP contribution in [-0.4, -0.2) is 58.5 Å². The van der Waals surface area contributed by atoms with Crippen LogP contribution >= 0.6 is 0 Å². The average Bonchev–Trinajstić information content (AvgIpc) is 3.20. The molecule has 0 radical (unpaired) electrons. The molecule has 3 N–H and O–H groups in total. The number of hydrogen-bond donors (Lipinski definition) is 3. The molecule has 34 heavy (non-hydrogen) atoms. The number of hydrogen-bond acceptors (Lipinski definition) is 6. The van der Waals surface area contributed by atoms with Gasteiger partial charge in [-0.15, -0.1) is 0 Å². The molecular weight excluding hydrogens is 464 g/mol. The van der Waals surface area contributed by atoms with E-state index < -0.39 is 23.6 Å². The zero-order valence-corrected chi connectivity index (χ0v) is 17.6. The van der Waals surface area contributed by atoms with E-state index in [1.807, 2.05) is 18.2 Å². The molecule has 1 saturated heterocycles. The van der Waals surface area contributed by atoms with Crippen molar-refractivity contribution in [3.05, 3.63) is 54.5 Å². The first-order chi connectivity index (χ1) is 16.1. The van der Waals surface area contributed by atoms with Crippen molar-refractivity contribution in [3.63, 3.8) is 0 Å². The molecule has 0 bridgehead atoms. The number of imidazole rings is 1. The fourth-order valence-corrected chi connectivity index (χ4v) is 3.38. The number of carboxylic acid groups (broad SMARTS) is 1. The van der Waals surface area contributed by atoms with Crippen LogP contribution in [0.5, 0.6) is 0 Å². The minimum absolute atomic E-state index is 0.153. The summed E-state index contributed by atoms with van der Waals surface area (Å²) in [6.45, 7) is 0.831. The first-order valence-electron chi connectivity index (χ1n) is 10.00. The van der Waals surface area contributed by atoms with Gasteiger partial charge < -0.3 is 25.1 Å². The van der Waals surface area contributed by atoms with Crippen molar-refractivity contribution in [1.29, 1.82) is 0 Å². The van der Waals surface area contributed by atoms with Crippen molar-refractivity contribution in [3.8, 4) is 11.3 Å². The third-order valence-corrected chi connectivity index (χ3v) is 5.19. The van der Waals surface area contributed by atoms with E-state index in [0.29, 0.717) is 43.1 Å². The largest absolute Gasteiger partial charge is 0.542 e. The molecule has 0 saturated carbocycles. The fourth-order valence-electron chi connectivity index (χ4n) is 3.38. The molecule has 9 nitrogen and oxygen atoms in total. The maximum Gasteiger partial charge on any atom is 0.430 e. The zero-order chi connectivity index (χ0) is 24.9. The quantitative estimate of drug-likeness (QED) is 0.281. The van der Waals surface area contributed by atoms with Crippen LogP contribution in [0.15, 0.2) is 42.7 Å². The molecule has 3 aromatic heterocycles. The minimum Gasteiger partial charge on any atom is -0.542 e.